The van der Waals surface area contributed by atoms with E-state index < -0.39 is 6.09 Å². The second-order valence-corrected chi connectivity index (χ2v) is 6.94. The largest absolute Gasteiger partial charge is 0.492 e. The van der Waals surface area contributed by atoms with E-state index in [1.165, 1.54) is 7.11 Å². The molecule has 1 aromatic heterocycles. The highest BCUT2D eigenvalue weighted by Gasteiger charge is 2.24. The minimum atomic E-state index is -0.595. The number of pyridine rings is 1. The van der Waals surface area contributed by atoms with E-state index in [1.54, 1.807) is 18.3 Å². The van der Waals surface area contributed by atoms with Crippen LogP contribution in [-0.4, -0.2) is 24.8 Å². The van der Waals surface area contributed by atoms with E-state index in [-0.39, 0.29) is 0 Å². The van der Waals surface area contributed by atoms with Gasteiger partial charge in [-0.25, -0.2) is 9.78 Å². The van der Waals surface area contributed by atoms with Gasteiger partial charge in [-0.1, -0.05) is 13.8 Å². The van der Waals surface area contributed by atoms with Crippen molar-refractivity contribution in [2.75, 3.05) is 19.0 Å². The second-order valence-electron chi connectivity index (χ2n) is 6.94. The normalized spacial score (nSPS) is 11.7. The van der Waals surface area contributed by atoms with Crippen molar-refractivity contribution < 1.29 is 19.0 Å². The highest BCUT2D eigenvalue weighted by Crippen LogP contribution is 2.43. The van der Waals surface area contributed by atoms with Gasteiger partial charge in [-0.05, 0) is 42.5 Å². The molecule has 1 aromatic carbocycles. The molecule has 7 heteroatoms. The second kappa shape index (κ2) is 8.61. The number of amides is 1. The van der Waals surface area contributed by atoms with Gasteiger partial charge in [0.1, 0.15) is 35.6 Å². The van der Waals surface area contributed by atoms with Gasteiger partial charge in [0.2, 0.25) is 0 Å². The van der Waals surface area contributed by atoms with Gasteiger partial charge in [-0.3, -0.25) is 5.32 Å². The molecule has 3 rings (SSSR count). The Labute approximate surface area is 164 Å². The first kappa shape index (κ1) is 19.5. The number of carbonyl (C=O) groups excluding carboxylic acids is 1. The van der Waals surface area contributed by atoms with Crippen LogP contribution < -0.4 is 14.8 Å². The zero-order valence-electron chi connectivity index (χ0n) is 16.2. The van der Waals surface area contributed by atoms with Crippen molar-refractivity contribution in [1.29, 1.82) is 5.26 Å². The van der Waals surface area contributed by atoms with Gasteiger partial charge < -0.3 is 14.2 Å². The molecule has 0 saturated carbocycles. The summed E-state index contributed by atoms with van der Waals surface area (Å²) in [6, 6.07) is 7.61. The fourth-order valence-corrected chi connectivity index (χ4v) is 3.05. The zero-order chi connectivity index (χ0) is 20.1. The predicted molar refractivity (Wildman–Crippen MR) is 104 cm³/mol. The molecule has 2 heterocycles. The predicted octanol–water partition coefficient (Wildman–Crippen LogP) is 4.51. The Bertz CT molecular complexity index is 919. The number of rotatable bonds is 6. The van der Waals surface area contributed by atoms with Crippen LogP contribution in [0.4, 0.5) is 10.6 Å². The summed E-state index contributed by atoms with van der Waals surface area (Å²) >= 11 is 0. The summed E-state index contributed by atoms with van der Waals surface area (Å²) in [6.45, 7) is 5.19. The minimum absolute atomic E-state index is 0.291. The van der Waals surface area contributed by atoms with E-state index in [4.69, 9.17) is 9.47 Å². The van der Waals surface area contributed by atoms with Gasteiger partial charge in [-0.15, -0.1) is 0 Å². The van der Waals surface area contributed by atoms with E-state index in [0.29, 0.717) is 42.0 Å². The third-order valence-corrected chi connectivity index (χ3v) is 4.48. The number of methoxy groups -OCH3 is 1. The number of hydrogen-bond acceptors (Lipinski definition) is 6. The molecule has 28 heavy (non-hydrogen) atoms. The summed E-state index contributed by atoms with van der Waals surface area (Å²) in [5.74, 6) is 2.00. The number of nitrogens with one attached hydrogen (secondary N) is 1. The van der Waals surface area contributed by atoms with Crippen molar-refractivity contribution in [3.63, 3.8) is 0 Å². The lowest BCUT2D eigenvalue weighted by Crippen LogP contribution is -2.14. The van der Waals surface area contributed by atoms with Gasteiger partial charge in [0.15, 0.2) is 0 Å². The van der Waals surface area contributed by atoms with Crippen LogP contribution in [-0.2, 0) is 11.3 Å². The molecule has 2 aromatic rings. The molecule has 1 aliphatic rings. The highest BCUT2D eigenvalue weighted by molar-refractivity contribution is 5.86. The smallest absolute Gasteiger partial charge is 0.412 e. The first-order valence-electron chi connectivity index (χ1n) is 9.20. The molecular formula is C21H23N3O4. The molecule has 1 N–H and O–H groups in total. The molecule has 1 amide bonds. The van der Waals surface area contributed by atoms with E-state index in [0.717, 1.165) is 29.5 Å². The van der Waals surface area contributed by atoms with Crippen LogP contribution in [0.1, 0.15) is 37.8 Å². The van der Waals surface area contributed by atoms with Crippen LogP contribution in [0.3, 0.4) is 0 Å². The van der Waals surface area contributed by atoms with E-state index in [1.807, 2.05) is 6.07 Å². The fourth-order valence-electron chi connectivity index (χ4n) is 3.05. The molecule has 0 atom stereocenters. The lowest BCUT2D eigenvalue weighted by molar-refractivity contribution is 0.187. The number of nitriles is 1. The molecule has 7 nitrogen and oxygen atoms in total. The number of ether oxygens (including phenoxy) is 3. The minimum Gasteiger partial charge on any atom is -0.492 e. The summed E-state index contributed by atoms with van der Waals surface area (Å²) in [7, 11) is 1.29. The lowest BCUT2D eigenvalue weighted by Gasteiger charge is -2.23. The van der Waals surface area contributed by atoms with E-state index in [2.05, 4.69) is 35.0 Å². The van der Waals surface area contributed by atoms with Crippen molar-refractivity contribution in [1.82, 2.24) is 4.98 Å². The van der Waals surface area contributed by atoms with Crippen LogP contribution in [0.2, 0.25) is 0 Å². The number of benzene rings is 1. The SMILES string of the molecule is COC(=O)Nc1cc2c(cn1)COc1c-2ccc(OCCCC(C)C)c1C#N. The third-order valence-electron chi connectivity index (χ3n) is 4.48. The summed E-state index contributed by atoms with van der Waals surface area (Å²) in [5.41, 5.74) is 2.87. The quantitative estimate of drug-likeness (QED) is 0.740. The lowest BCUT2D eigenvalue weighted by atomic mass is 9.96. The highest BCUT2D eigenvalue weighted by atomic mass is 16.5. The number of carbonyl (C=O) groups is 1. The first-order valence-corrected chi connectivity index (χ1v) is 9.20. The van der Waals surface area contributed by atoms with Gasteiger partial charge in [-0.2, -0.15) is 5.26 Å². The van der Waals surface area contributed by atoms with Crippen molar-refractivity contribution in [2.45, 2.75) is 33.3 Å². The Kier molecular flexibility index (Phi) is 5.99. The summed E-state index contributed by atoms with van der Waals surface area (Å²) in [5, 5.41) is 12.2. The molecule has 0 fully saturated rings. The summed E-state index contributed by atoms with van der Waals surface area (Å²) in [6.07, 6.45) is 3.05. The average molecular weight is 381 g/mol. The Morgan fingerprint density at radius 3 is 2.93 bits per heavy atom. The molecule has 0 bridgehead atoms. The topological polar surface area (TPSA) is 93.5 Å². The van der Waals surface area contributed by atoms with E-state index >= 15 is 0 Å². The Morgan fingerprint density at radius 2 is 2.21 bits per heavy atom. The molecule has 0 radical (unpaired) electrons. The van der Waals surface area contributed by atoms with Gasteiger partial charge >= 0.3 is 6.09 Å². The Hall–Kier alpha value is -3.27. The van der Waals surface area contributed by atoms with Crippen LogP contribution in [0.15, 0.2) is 24.4 Å². The van der Waals surface area contributed by atoms with Gasteiger partial charge in [0.25, 0.3) is 0 Å². The Balaban J connectivity index is 1.89. The summed E-state index contributed by atoms with van der Waals surface area (Å²) < 4.78 is 16.3. The maximum Gasteiger partial charge on any atom is 0.412 e. The number of hydrogen-bond donors (Lipinski definition) is 1. The number of aromatic nitrogens is 1. The molecule has 0 aliphatic carbocycles. The van der Waals surface area contributed by atoms with Crippen molar-refractivity contribution in [3.8, 4) is 28.7 Å². The molecule has 0 spiro atoms. The Morgan fingerprint density at radius 1 is 1.39 bits per heavy atom. The summed E-state index contributed by atoms with van der Waals surface area (Å²) in [4.78, 5) is 15.6. The van der Waals surface area contributed by atoms with Gasteiger partial charge in [0.05, 0.1) is 13.7 Å². The number of anilines is 1. The zero-order valence-corrected chi connectivity index (χ0v) is 16.2. The number of nitrogens with zero attached hydrogens (tertiary/aromatic N) is 2. The van der Waals surface area contributed by atoms with Crippen LogP contribution in [0.25, 0.3) is 11.1 Å². The maximum absolute atomic E-state index is 11.4. The molecule has 146 valence electrons. The maximum atomic E-state index is 11.4. The van der Waals surface area contributed by atoms with Crippen LogP contribution >= 0.6 is 0 Å². The van der Waals surface area contributed by atoms with Crippen molar-refractivity contribution in [3.05, 3.63) is 35.5 Å². The average Bonchev–Trinajstić information content (AvgIpc) is 2.70. The first-order chi connectivity index (χ1) is 13.5. The molecule has 0 unspecified atom stereocenters. The van der Waals surface area contributed by atoms with Crippen molar-refractivity contribution in [2.24, 2.45) is 5.92 Å². The molecule has 0 saturated heterocycles. The standard InChI is InChI=1S/C21H23N3O4/c1-13(2)5-4-8-27-18-7-6-15-16-9-19(24-21(25)26-3)23-11-14(16)12-28-20(15)17(18)10-22/h6-7,9,11,13H,4-5,8,12H2,1-3H3,(H,23,24,25). The van der Waals surface area contributed by atoms with E-state index in [9.17, 15) is 10.1 Å². The molecular weight excluding hydrogens is 358 g/mol. The fraction of sp³-hybridized carbons (Fsp3) is 0.381. The third kappa shape index (κ3) is 4.17. The van der Waals surface area contributed by atoms with Gasteiger partial charge in [0, 0.05) is 17.3 Å². The van der Waals surface area contributed by atoms with Crippen LogP contribution in [0, 0.1) is 17.2 Å². The monoisotopic (exact) mass is 381 g/mol. The van der Waals surface area contributed by atoms with Crippen molar-refractivity contribution >= 4 is 11.9 Å². The number of fused-ring (bicyclic) bond motifs is 3. The molecule has 1 aliphatic heterocycles. The van der Waals surface area contributed by atoms with Crippen LogP contribution in [0.5, 0.6) is 11.5 Å².